The smallest absolute Gasteiger partial charge is 0.308 e. The lowest BCUT2D eigenvalue weighted by atomic mass is 10.2. The standard InChI is InChI=1S/C13H16ClNO3/c1-9(2)13(17)18-7-6-15-8-10-4-3-5-11(14)12(10)16/h3-5,8-9,16H,6-7H2,1-2H3. The topological polar surface area (TPSA) is 58.9 Å². The molecule has 98 valence electrons. The van der Waals surface area contributed by atoms with Crippen LogP contribution < -0.4 is 0 Å². The Morgan fingerprint density at radius 2 is 2.28 bits per heavy atom. The van der Waals surface area contributed by atoms with Gasteiger partial charge in [0.1, 0.15) is 12.4 Å². The molecular formula is C13H16ClNO3. The number of aromatic hydroxyl groups is 1. The predicted octanol–water partition coefficient (Wildman–Crippen LogP) is 2.66. The average Bonchev–Trinajstić information content (AvgIpc) is 2.33. The summed E-state index contributed by atoms with van der Waals surface area (Å²) in [5.41, 5.74) is 0.540. The van der Waals surface area contributed by atoms with Crippen LogP contribution in [0.2, 0.25) is 5.02 Å². The number of hydrogen-bond donors (Lipinski definition) is 1. The van der Waals surface area contributed by atoms with Gasteiger partial charge in [-0.2, -0.15) is 0 Å². The lowest BCUT2D eigenvalue weighted by molar-refractivity contribution is -0.146. The summed E-state index contributed by atoms with van der Waals surface area (Å²) in [6, 6.07) is 5.02. The molecule has 4 nitrogen and oxygen atoms in total. The van der Waals surface area contributed by atoms with Crippen molar-refractivity contribution in [2.75, 3.05) is 13.2 Å². The maximum atomic E-state index is 11.1. The van der Waals surface area contributed by atoms with Gasteiger partial charge >= 0.3 is 5.97 Å². The van der Waals surface area contributed by atoms with Crippen molar-refractivity contribution < 1.29 is 14.6 Å². The van der Waals surface area contributed by atoms with Crippen LogP contribution >= 0.6 is 11.6 Å². The van der Waals surface area contributed by atoms with Gasteiger partial charge in [-0.1, -0.05) is 31.5 Å². The van der Waals surface area contributed by atoms with Crippen LogP contribution in [0.3, 0.4) is 0 Å². The van der Waals surface area contributed by atoms with Crippen LogP contribution in [0.1, 0.15) is 19.4 Å². The van der Waals surface area contributed by atoms with E-state index in [2.05, 4.69) is 4.99 Å². The van der Waals surface area contributed by atoms with E-state index < -0.39 is 0 Å². The molecule has 1 aromatic carbocycles. The zero-order valence-electron chi connectivity index (χ0n) is 10.4. The first-order valence-corrected chi connectivity index (χ1v) is 6.04. The van der Waals surface area contributed by atoms with Crippen molar-refractivity contribution in [1.82, 2.24) is 0 Å². The molecular weight excluding hydrogens is 254 g/mol. The van der Waals surface area contributed by atoms with Crippen molar-refractivity contribution in [3.63, 3.8) is 0 Å². The monoisotopic (exact) mass is 269 g/mol. The summed E-state index contributed by atoms with van der Waals surface area (Å²) < 4.78 is 4.95. The van der Waals surface area contributed by atoms with E-state index in [1.807, 2.05) is 0 Å². The number of phenolic OH excluding ortho intramolecular Hbond substituents is 1. The number of aliphatic imine (C=N–C) groups is 1. The van der Waals surface area contributed by atoms with Gasteiger partial charge in [0, 0.05) is 11.8 Å². The Hall–Kier alpha value is -1.55. The Kier molecular flexibility index (Phi) is 5.65. The number of hydrogen-bond acceptors (Lipinski definition) is 4. The Morgan fingerprint density at radius 1 is 1.56 bits per heavy atom. The number of halogens is 1. The molecule has 0 bridgehead atoms. The van der Waals surface area contributed by atoms with E-state index in [4.69, 9.17) is 16.3 Å². The van der Waals surface area contributed by atoms with Gasteiger partial charge in [0.25, 0.3) is 0 Å². The second-order valence-electron chi connectivity index (χ2n) is 4.04. The molecule has 0 atom stereocenters. The van der Waals surface area contributed by atoms with Gasteiger partial charge in [-0.05, 0) is 12.1 Å². The molecule has 0 radical (unpaired) electrons. The second kappa shape index (κ2) is 7.01. The normalized spacial score (nSPS) is 11.1. The minimum atomic E-state index is -0.240. The van der Waals surface area contributed by atoms with Gasteiger partial charge in [0.05, 0.1) is 17.5 Å². The largest absolute Gasteiger partial charge is 0.506 e. The van der Waals surface area contributed by atoms with E-state index in [-0.39, 0.29) is 29.3 Å². The van der Waals surface area contributed by atoms with Crippen LogP contribution in [0.4, 0.5) is 0 Å². The van der Waals surface area contributed by atoms with Crippen molar-refractivity contribution in [3.05, 3.63) is 28.8 Å². The van der Waals surface area contributed by atoms with Crippen LogP contribution in [0.5, 0.6) is 5.75 Å². The number of carbonyl (C=O) groups excluding carboxylic acids is 1. The molecule has 0 heterocycles. The van der Waals surface area contributed by atoms with E-state index in [1.165, 1.54) is 6.21 Å². The molecule has 5 heteroatoms. The molecule has 1 aromatic rings. The van der Waals surface area contributed by atoms with Crippen LogP contribution in [0.15, 0.2) is 23.2 Å². The predicted molar refractivity (Wildman–Crippen MR) is 71.4 cm³/mol. The third-order valence-corrected chi connectivity index (χ3v) is 2.49. The van der Waals surface area contributed by atoms with Crippen molar-refractivity contribution in [2.24, 2.45) is 10.9 Å². The molecule has 1 rings (SSSR count). The van der Waals surface area contributed by atoms with E-state index in [0.717, 1.165) is 0 Å². The average molecular weight is 270 g/mol. The summed E-state index contributed by atoms with van der Waals surface area (Å²) >= 11 is 5.75. The van der Waals surface area contributed by atoms with Crippen LogP contribution in [0, 0.1) is 5.92 Å². The second-order valence-corrected chi connectivity index (χ2v) is 4.44. The molecule has 0 spiro atoms. The summed E-state index contributed by atoms with van der Waals surface area (Å²) in [5.74, 6) is -0.371. The Labute approximate surface area is 111 Å². The van der Waals surface area contributed by atoms with Crippen molar-refractivity contribution in [1.29, 1.82) is 0 Å². The number of carbonyl (C=O) groups is 1. The summed E-state index contributed by atoms with van der Waals surface area (Å²) in [4.78, 5) is 15.2. The number of para-hydroxylation sites is 1. The zero-order chi connectivity index (χ0) is 13.5. The quantitative estimate of drug-likeness (QED) is 0.508. The Morgan fingerprint density at radius 3 is 2.94 bits per heavy atom. The zero-order valence-corrected chi connectivity index (χ0v) is 11.1. The minimum absolute atomic E-state index is 0.00194. The third kappa shape index (κ3) is 4.37. The fraction of sp³-hybridized carbons (Fsp3) is 0.385. The molecule has 0 saturated heterocycles. The van der Waals surface area contributed by atoms with Gasteiger partial charge in [-0.3, -0.25) is 9.79 Å². The first-order chi connectivity index (χ1) is 8.52. The molecule has 0 aromatic heterocycles. The maximum Gasteiger partial charge on any atom is 0.308 e. The van der Waals surface area contributed by atoms with Crippen LogP contribution in [0.25, 0.3) is 0 Å². The molecule has 0 fully saturated rings. The maximum absolute atomic E-state index is 11.1. The fourth-order valence-electron chi connectivity index (χ4n) is 1.16. The minimum Gasteiger partial charge on any atom is -0.506 e. The number of ether oxygens (including phenoxy) is 1. The highest BCUT2D eigenvalue weighted by molar-refractivity contribution is 6.32. The Balaban J connectivity index is 2.42. The molecule has 1 N–H and O–H groups in total. The van der Waals surface area contributed by atoms with Crippen LogP contribution in [-0.4, -0.2) is 30.4 Å². The number of phenols is 1. The highest BCUT2D eigenvalue weighted by Crippen LogP contribution is 2.25. The molecule has 0 saturated carbocycles. The van der Waals surface area contributed by atoms with E-state index in [1.54, 1.807) is 32.0 Å². The number of nitrogens with zero attached hydrogens (tertiary/aromatic N) is 1. The molecule has 18 heavy (non-hydrogen) atoms. The van der Waals surface area contributed by atoms with Gasteiger partial charge in [0.15, 0.2) is 0 Å². The summed E-state index contributed by atoms with van der Waals surface area (Å²) in [6.07, 6.45) is 1.50. The van der Waals surface area contributed by atoms with Crippen molar-refractivity contribution >= 4 is 23.8 Å². The Bertz CT molecular complexity index is 444. The first kappa shape index (κ1) is 14.5. The van der Waals surface area contributed by atoms with E-state index in [9.17, 15) is 9.90 Å². The molecule has 0 unspecified atom stereocenters. The lowest BCUT2D eigenvalue weighted by Crippen LogP contribution is -2.13. The summed E-state index contributed by atoms with van der Waals surface area (Å²) in [5, 5.41) is 9.89. The van der Waals surface area contributed by atoms with Gasteiger partial charge in [-0.15, -0.1) is 0 Å². The molecule has 0 amide bonds. The number of esters is 1. The van der Waals surface area contributed by atoms with Gasteiger partial charge < -0.3 is 9.84 Å². The van der Waals surface area contributed by atoms with Crippen LogP contribution in [-0.2, 0) is 9.53 Å². The SMILES string of the molecule is CC(C)C(=O)OCCN=Cc1cccc(Cl)c1O. The molecule has 0 aliphatic rings. The van der Waals surface area contributed by atoms with Crippen molar-refractivity contribution in [3.8, 4) is 5.75 Å². The van der Waals surface area contributed by atoms with E-state index >= 15 is 0 Å². The lowest BCUT2D eigenvalue weighted by Gasteiger charge is -2.04. The summed E-state index contributed by atoms with van der Waals surface area (Å²) in [7, 11) is 0. The number of rotatable bonds is 5. The van der Waals surface area contributed by atoms with Crippen molar-refractivity contribution in [2.45, 2.75) is 13.8 Å². The number of benzene rings is 1. The van der Waals surface area contributed by atoms with Gasteiger partial charge in [-0.25, -0.2) is 0 Å². The first-order valence-electron chi connectivity index (χ1n) is 5.66. The molecule has 0 aliphatic carbocycles. The highest BCUT2D eigenvalue weighted by Gasteiger charge is 2.06. The van der Waals surface area contributed by atoms with E-state index in [0.29, 0.717) is 12.1 Å². The fourth-order valence-corrected chi connectivity index (χ4v) is 1.35. The molecule has 0 aliphatic heterocycles. The van der Waals surface area contributed by atoms with Gasteiger partial charge in [0.2, 0.25) is 0 Å². The summed E-state index contributed by atoms with van der Waals surface area (Å²) in [6.45, 7) is 4.13. The highest BCUT2D eigenvalue weighted by atomic mass is 35.5. The third-order valence-electron chi connectivity index (χ3n) is 2.18.